The first-order chi connectivity index (χ1) is 13.9. The molecule has 3 aliphatic carbocycles. The van der Waals surface area contributed by atoms with Gasteiger partial charge in [0.1, 0.15) is 5.75 Å². The highest BCUT2D eigenvalue weighted by atomic mass is 35.5. The van der Waals surface area contributed by atoms with Gasteiger partial charge < -0.3 is 9.47 Å². The standard InChI is InChI=1S/C22H26ClN3O3/c1-15-16(23)5-3-6-17(15)29-18-7-4-14-25-19(18)26(24)20(27)21-8-11-22(28-2,12-9-21)13-10-21/h3-7,14H,8-13,24H2,1-2H3. The Morgan fingerprint density at radius 3 is 2.41 bits per heavy atom. The summed E-state index contributed by atoms with van der Waals surface area (Å²) in [6.07, 6.45) is 6.61. The molecule has 2 N–H and O–H groups in total. The van der Waals surface area contributed by atoms with Gasteiger partial charge in [-0.3, -0.25) is 4.79 Å². The summed E-state index contributed by atoms with van der Waals surface area (Å²) >= 11 is 6.20. The monoisotopic (exact) mass is 415 g/mol. The number of nitrogens with two attached hydrogens (primary N) is 1. The van der Waals surface area contributed by atoms with Crippen molar-refractivity contribution in [1.29, 1.82) is 0 Å². The first-order valence-corrected chi connectivity index (χ1v) is 10.3. The molecule has 29 heavy (non-hydrogen) atoms. The molecule has 1 heterocycles. The average molecular weight is 416 g/mol. The summed E-state index contributed by atoms with van der Waals surface area (Å²) < 4.78 is 11.8. The van der Waals surface area contributed by atoms with Crippen molar-refractivity contribution < 1.29 is 14.3 Å². The van der Waals surface area contributed by atoms with Crippen molar-refractivity contribution in [2.75, 3.05) is 12.1 Å². The number of halogens is 1. The lowest BCUT2D eigenvalue weighted by Crippen LogP contribution is -2.56. The molecule has 1 aromatic carbocycles. The number of carbonyl (C=O) groups is 1. The lowest BCUT2D eigenvalue weighted by atomic mass is 9.58. The number of ether oxygens (including phenoxy) is 2. The van der Waals surface area contributed by atoms with Crippen molar-refractivity contribution in [1.82, 2.24) is 4.98 Å². The molecule has 0 radical (unpaired) electrons. The van der Waals surface area contributed by atoms with Gasteiger partial charge in [-0.05, 0) is 69.7 Å². The van der Waals surface area contributed by atoms with E-state index in [2.05, 4.69) is 4.98 Å². The Bertz CT molecular complexity index is 909. The number of benzene rings is 1. The quantitative estimate of drug-likeness (QED) is 0.432. The number of methoxy groups -OCH3 is 1. The Morgan fingerprint density at radius 1 is 1.10 bits per heavy atom. The third-order valence-corrected chi connectivity index (χ3v) is 7.11. The van der Waals surface area contributed by atoms with Gasteiger partial charge in [-0.15, -0.1) is 0 Å². The van der Waals surface area contributed by atoms with E-state index in [1.165, 1.54) is 5.01 Å². The Balaban J connectivity index is 1.59. The second-order valence-corrected chi connectivity index (χ2v) is 8.54. The van der Waals surface area contributed by atoms with Gasteiger partial charge >= 0.3 is 0 Å². The molecule has 1 amide bonds. The molecule has 0 saturated heterocycles. The molecule has 5 rings (SSSR count). The third-order valence-electron chi connectivity index (χ3n) is 6.70. The zero-order valence-electron chi connectivity index (χ0n) is 16.8. The smallest absolute Gasteiger partial charge is 0.248 e. The first-order valence-electron chi connectivity index (χ1n) is 9.92. The van der Waals surface area contributed by atoms with Crippen LogP contribution in [0, 0.1) is 12.3 Å². The lowest BCUT2D eigenvalue weighted by molar-refractivity contribution is -0.150. The van der Waals surface area contributed by atoms with Crippen LogP contribution in [0.5, 0.6) is 11.5 Å². The fourth-order valence-corrected chi connectivity index (χ4v) is 4.76. The maximum absolute atomic E-state index is 13.4. The molecule has 1 aromatic heterocycles. The van der Waals surface area contributed by atoms with Crippen LogP contribution < -0.4 is 15.6 Å². The predicted molar refractivity (Wildman–Crippen MR) is 112 cm³/mol. The van der Waals surface area contributed by atoms with Crippen molar-refractivity contribution >= 4 is 23.3 Å². The van der Waals surface area contributed by atoms with Crippen LogP contribution in [0.2, 0.25) is 5.02 Å². The summed E-state index contributed by atoms with van der Waals surface area (Å²) in [5.74, 6) is 7.54. The third kappa shape index (κ3) is 3.50. The van der Waals surface area contributed by atoms with E-state index in [0.717, 1.165) is 44.1 Å². The fraction of sp³-hybridized carbons (Fsp3) is 0.455. The minimum atomic E-state index is -0.449. The summed E-state index contributed by atoms with van der Waals surface area (Å²) in [5.41, 5.74) is 0.300. The molecule has 0 atom stereocenters. The Labute approximate surface area is 175 Å². The van der Waals surface area contributed by atoms with Crippen LogP contribution in [-0.2, 0) is 9.53 Å². The molecular weight excluding hydrogens is 390 g/mol. The minimum Gasteiger partial charge on any atom is -0.453 e. The summed E-state index contributed by atoms with van der Waals surface area (Å²) in [7, 11) is 1.77. The second kappa shape index (κ2) is 7.59. The van der Waals surface area contributed by atoms with Crippen LogP contribution in [-0.4, -0.2) is 23.6 Å². The molecule has 0 aliphatic heterocycles. The largest absolute Gasteiger partial charge is 0.453 e. The normalized spacial score (nSPS) is 25.7. The molecule has 3 fully saturated rings. The summed E-state index contributed by atoms with van der Waals surface area (Å²) in [6, 6.07) is 8.95. The van der Waals surface area contributed by atoms with E-state index in [1.54, 1.807) is 31.5 Å². The average Bonchev–Trinajstić information content (AvgIpc) is 2.77. The number of rotatable bonds is 5. The topological polar surface area (TPSA) is 77.7 Å². The molecule has 0 unspecified atom stereocenters. The number of nitrogens with zero attached hydrogens (tertiary/aromatic N) is 2. The number of fused-ring (bicyclic) bond motifs is 3. The zero-order valence-corrected chi connectivity index (χ0v) is 17.5. The Morgan fingerprint density at radius 2 is 1.76 bits per heavy atom. The highest BCUT2D eigenvalue weighted by Gasteiger charge is 2.54. The Kier molecular flexibility index (Phi) is 5.27. The zero-order chi connectivity index (χ0) is 20.6. The lowest BCUT2D eigenvalue weighted by Gasteiger charge is -2.52. The number of hydrogen-bond acceptors (Lipinski definition) is 5. The van der Waals surface area contributed by atoms with E-state index in [0.29, 0.717) is 22.3 Å². The maximum Gasteiger partial charge on any atom is 0.248 e. The number of amides is 1. The molecule has 2 bridgehead atoms. The van der Waals surface area contributed by atoms with Crippen LogP contribution >= 0.6 is 11.6 Å². The highest BCUT2D eigenvalue weighted by molar-refractivity contribution is 6.31. The summed E-state index contributed by atoms with van der Waals surface area (Å²) in [5, 5.41) is 1.78. The SMILES string of the molecule is COC12CCC(C(=O)N(N)c3ncccc3Oc3cccc(Cl)c3C)(CC1)CC2. The van der Waals surface area contributed by atoms with Crippen LogP contribution in [0.1, 0.15) is 44.1 Å². The van der Waals surface area contributed by atoms with Crippen LogP contribution in [0.25, 0.3) is 0 Å². The van der Waals surface area contributed by atoms with E-state index >= 15 is 0 Å². The van der Waals surface area contributed by atoms with Crippen LogP contribution in [0.15, 0.2) is 36.5 Å². The van der Waals surface area contributed by atoms with Crippen molar-refractivity contribution in [3.63, 3.8) is 0 Å². The number of aromatic nitrogens is 1. The van der Waals surface area contributed by atoms with E-state index in [-0.39, 0.29) is 11.5 Å². The van der Waals surface area contributed by atoms with Crippen molar-refractivity contribution in [3.05, 3.63) is 47.1 Å². The number of hydrogen-bond donors (Lipinski definition) is 1. The maximum atomic E-state index is 13.4. The van der Waals surface area contributed by atoms with Crippen LogP contribution in [0.4, 0.5) is 5.82 Å². The van der Waals surface area contributed by atoms with E-state index in [1.807, 2.05) is 19.1 Å². The van der Waals surface area contributed by atoms with Gasteiger partial charge in [-0.2, -0.15) is 0 Å². The van der Waals surface area contributed by atoms with E-state index in [4.69, 9.17) is 26.9 Å². The van der Waals surface area contributed by atoms with Crippen molar-refractivity contribution in [2.45, 2.75) is 51.0 Å². The number of pyridine rings is 1. The Hall–Kier alpha value is -2.15. The van der Waals surface area contributed by atoms with Crippen molar-refractivity contribution in [3.8, 4) is 11.5 Å². The molecule has 6 nitrogen and oxygen atoms in total. The van der Waals surface area contributed by atoms with Gasteiger partial charge in [0, 0.05) is 23.9 Å². The molecule has 0 spiro atoms. The number of hydrazine groups is 1. The molecule has 154 valence electrons. The minimum absolute atomic E-state index is 0.0647. The van der Waals surface area contributed by atoms with Crippen LogP contribution in [0.3, 0.4) is 0 Å². The molecule has 3 saturated carbocycles. The van der Waals surface area contributed by atoms with E-state index in [9.17, 15) is 4.79 Å². The van der Waals surface area contributed by atoms with Gasteiger partial charge in [0.05, 0.1) is 11.0 Å². The molecule has 7 heteroatoms. The number of carbonyl (C=O) groups excluding carboxylic acids is 1. The highest BCUT2D eigenvalue weighted by Crippen LogP contribution is 2.54. The van der Waals surface area contributed by atoms with Gasteiger partial charge in [-0.25, -0.2) is 15.8 Å². The summed E-state index contributed by atoms with van der Waals surface area (Å²) in [4.78, 5) is 17.8. The van der Waals surface area contributed by atoms with Gasteiger partial charge in [-0.1, -0.05) is 17.7 Å². The second-order valence-electron chi connectivity index (χ2n) is 8.13. The molecule has 2 aromatic rings. The van der Waals surface area contributed by atoms with Crippen molar-refractivity contribution in [2.24, 2.45) is 11.3 Å². The predicted octanol–water partition coefficient (Wildman–Crippen LogP) is 4.78. The number of anilines is 1. The molecule has 3 aliphatic rings. The van der Waals surface area contributed by atoms with Gasteiger partial charge in [0.25, 0.3) is 0 Å². The first kappa shape index (κ1) is 20.1. The van der Waals surface area contributed by atoms with Gasteiger partial charge in [0.15, 0.2) is 11.6 Å². The van der Waals surface area contributed by atoms with Gasteiger partial charge in [0.2, 0.25) is 5.91 Å². The fourth-order valence-electron chi connectivity index (χ4n) is 4.59. The van der Waals surface area contributed by atoms with E-state index < -0.39 is 5.41 Å². The summed E-state index contributed by atoms with van der Waals surface area (Å²) in [6.45, 7) is 1.88. The molecular formula is C22H26ClN3O3.